The summed E-state index contributed by atoms with van der Waals surface area (Å²) in [5, 5.41) is 9.50. The molecular formula is C14H25N3O. The number of aliphatic hydroxyl groups is 1. The van der Waals surface area contributed by atoms with E-state index in [1.807, 2.05) is 18.7 Å². The molecule has 1 aromatic rings. The van der Waals surface area contributed by atoms with Gasteiger partial charge in [0.2, 0.25) is 0 Å². The Bertz CT molecular complexity index is 323. The summed E-state index contributed by atoms with van der Waals surface area (Å²) < 4.78 is 2.13. The van der Waals surface area contributed by atoms with Gasteiger partial charge in [0, 0.05) is 25.5 Å². The number of hydrogen-bond donors (Lipinski definition) is 1. The summed E-state index contributed by atoms with van der Waals surface area (Å²) >= 11 is 0. The zero-order valence-corrected chi connectivity index (χ0v) is 11.4. The Morgan fingerprint density at radius 3 is 2.61 bits per heavy atom. The molecule has 4 nitrogen and oxygen atoms in total. The van der Waals surface area contributed by atoms with Crippen molar-refractivity contribution < 1.29 is 5.11 Å². The molecule has 2 rings (SSSR count). The maximum atomic E-state index is 9.50. The lowest BCUT2D eigenvalue weighted by molar-refractivity contribution is 0.0403. The van der Waals surface area contributed by atoms with Crippen molar-refractivity contribution in [2.45, 2.75) is 39.2 Å². The van der Waals surface area contributed by atoms with Crippen LogP contribution in [-0.2, 0) is 6.54 Å². The third-order valence-corrected chi connectivity index (χ3v) is 4.45. The average molecular weight is 251 g/mol. The molecule has 0 aliphatic carbocycles. The Balaban J connectivity index is 1.67. The third-order valence-electron chi connectivity index (χ3n) is 4.45. The molecule has 0 aromatic carbocycles. The van der Waals surface area contributed by atoms with E-state index >= 15 is 0 Å². The van der Waals surface area contributed by atoms with Crippen LogP contribution in [0.1, 0.15) is 32.6 Å². The van der Waals surface area contributed by atoms with Crippen LogP contribution in [-0.4, -0.2) is 45.8 Å². The van der Waals surface area contributed by atoms with Crippen molar-refractivity contribution in [1.29, 1.82) is 0 Å². The lowest BCUT2D eigenvalue weighted by Crippen LogP contribution is -2.42. The lowest BCUT2D eigenvalue weighted by atomic mass is 9.77. The molecule has 4 heteroatoms. The van der Waals surface area contributed by atoms with Crippen LogP contribution in [0, 0.1) is 5.41 Å². The summed E-state index contributed by atoms with van der Waals surface area (Å²) in [6.45, 7) is 7.03. The van der Waals surface area contributed by atoms with E-state index in [0.29, 0.717) is 6.61 Å². The van der Waals surface area contributed by atoms with Crippen LogP contribution < -0.4 is 0 Å². The summed E-state index contributed by atoms with van der Waals surface area (Å²) in [6.07, 6.45) is 10.3. The minimum Gasteiger partial charge on any atom is -0.396 e. The van der Waals surface area contributed by atoms with Gasteiger partial charge in [-0.05, 0) is 50.7 Å². The first kappa shape index (κ1) is 13.6. The number of aromatic nitrogens is 2. The summed E-state index contributed by atoms with van der Waals surface area (Å²) in [7, 11) is 0. The molecule has 0 atom stereocenters. The van der Waals surface area contributed by atoms with Crippen LogP contribution in [0.25, 0.3) is 0 Å². The van der Waals surface area contributed by atoms with Crippen molar-refractivity contribution >= 4 is 0 Å². The fourth-order valence-corrected chi connectivity index (χ4v) is 2.77. The minimum atomic E-state index is 0.209. The standard InChI is InChI=1S/C14H25N3O/c1-2-14(12-18)4-9-16(10-5-14)7-3-8-17-11-6-15-13-17/h6,11,13,18H,2-5,7-10,12H2,1H3. The number of hydrogen-bond acceptors (Lipinski definition) is 3. The lowest BCUT2D eigenvalue weighted by Gasteiger charge is -2.40. The molecule has 0 bridgehead atoms. The normalized spacial score (nSPS) is 20.1. The van der Waals surface area contributed by atoms with Gasteiger partial charge in [-0.25, -0.2) is 4.98 Å². The fraction of sp³-hybridized carbons (Fsp3) is 0.786. The third kappa shape index (κ3) is 3.33. The van der Waals surface area contributed by atoms with Gasteiger partial charge in [0.15, 0.2) is 0 Å². The largest absolute Gasteiger partial charge is 0.396 e. The molecule has 1 aliphatic heterocycles. The zero-order valence-electron chi connectivity index (χ0n) is 11.4. The van der Waals surface area contributed by atoms with Gasteiger partial charge in [0.25, 0.3) is 0 Å². The molecule has 0 amide bonds. The monoisotopic (exact) mass is 251 g/mol. The smallest absolute Gasteiger partial charge is 0.0945 e. The van der Waals surface area contributed by atoms with E-state index in [9.17, 15) is 5.11 Å². The summed E-state index contributed by atoms with van der Waals surface area (Å²) in [5.41, 5.74) is 0.209. The van der Waals surface area contributed by atoms with Crippen molar-refractivity contribution in [2.75, 3.05) is 26.2 Å². The first-order chi connectivity index (χ1) is 8.78. The van der Waals surface area contributed by atoms with Crippen molar-refractivity contribution in [3.05, 3.63) is 18.7 Å². The zero-order chi connectivity index (χ0) is 12.8. The maximum absolute atomic E-state index is 9.50. The van der Waals surface area contributed by atoms with Gasteiger partial charge in [-0.1, -0.05) is 6.92 Å². The highest BCUT2D eigenvalue weighted by atomic mass is 16.3. The highest BCUT2D eigenvalue weighted by molar-refractivity contribution is 4.84. The number of rotatable bonds is 6. The van der Waals surface area contributed by atoms with Crippen molar-refractivity contribution in [3.63, 3.8) is 0 Å². The minimum absolute atomic E-state index is 0.209. The Kier molecular flexibility index (Phi) is 4.78. The van der Waals surface area contributed by atoms with E-state index in [0.717, 1.165) is 45.4 Å². The van der Waals surface area contributed by atoms with Gasteiger partial charge in [-0.15, -0.1) is 0 Å². The van der Waals surface area contributed by atoms with Gasteiger partial charge in [-0.2, -0.15) is 0 Å². The van der Waals surface area contributed by atoms with Gasteiger partial charge >= 0.3 is 0 Å². The second-order valence-corrected chi connectivity index (χ2v) is 5.51. The van der Waals surface area contributed by atoms with Crippen LogP contribution in [0.2, 0.25) is 0 Å². The number of aryl methyl sites for hydroxylation is 1. The van der Waals surface area contributed by atoms with E-state index in [2.05, 4.69) is 21.4 Å². The Morgan fingerprint density at radius 2 is 2.06 bits per heavy atom. The van der Waals surface area contributed by atoms with Crippen molar-refractivity contribution in [1.82, 2.24) is 14.5 Å². The van der Waals surface area contributed by atoms with Crippen LogP contribution >= 0.6 is 0 Å². The van der Waals surface area contributed by atoms with Crippen LogP contribution in [0.4, 0.5) is 0 Å². The molecule has 2 heterocycles. The van der Waals surface area contributed by atoms with E-state index in [1.54, 1.807) is 0 Å². The predicted octanol–water partition coefficient (Wildman–Crippen LogP) is 1.76. The Labute approximate surface area is 110 Å². The summed E-state index contributed by atoms with van der Waals surface area (Å²) in [5.74, 6) is 0. The molecule has 0 radical (unpaired) electrons. The van der Waals surface area contributed by atoms with Gasteiger partial charge in [-0.3, -0.25) is 0 Å². The number of nitrogens with zero attached hydrogens (tertiary/aromatic N) is 3. The molecule has 18 heavy (non-hydrogen) atoms. The van der Waals surface area contributed by atoms with Crippen LogP contribution in [0.5, 0.6) is 0 Å². The molecule has 0 spiro atoms. The van der Waals surface area contributed by atoms with E-state index in [1.165, 1.54) is 6.42 Å². The summed E-state index contributed by atoms with van der Waals surface area (Å²) in [6, 6.07) is 0. The van der Waals surface area contributed by atoms with Crippen molar-refractivity contribution in [2.24, 2.45) is 5.41 Å². The quantitative estimate of drug-likeness (QED) is 0.837. The molecule has 1 saturated heterocycles. The van der Waals surface area contributed by atoms with E-state index in [4.69, 9.17) is 0 Å². The molecular weight excluding hydrogens is 226 g/mol. The number of aliphatic hydroxyl groups excluding tert-OH is 1. The fourth-order valence-electron chi connectivity index (χ4n) is 2.77. The highest BCUT2D eigenvalue weighted by Crippen LogP contribution is 2.34. The highest BCUT2D eigenvalue weighted by Gasteiger charge is 2.31. The van der Waals surface area contributed by atoms with E-state index in [-0.39, 0.29) is 5.41 Å². The second-order valence-electron chi connectivity index (χ2n) is 5.51. The topological polar surface area (TPSA) is 41.3 Å². The molecule has 0 unspecified atom stereocenters. The molecule has 1 aliphatic rings. The Hall–Kier alpha value is -0.870. The predicted molar refractivity (Wildman–Crippen MR) is 72.3 cm³/mol. The molecule has 1 aromatic heterocycles. The Morgan fingerprint density at radius 1 is 1.28 bits per heavy atom. The van der Waals surface area contributed by atoms with Crippen LogP contribution in [0.15, 0.2) is 18.7 Å². The first-order valence-electron chi connectivity index (χ1n) is 7.07. The van der Waals surface area contributed by atoms with Crippen molar-refractivity contribution in [3.8, 4) is 0 Å². The van der Waals surface area contributed by atoms with Gasteiger partial charge < -0.3 is 14.6 Å². The summed E-state index contributed by atoms with van der Waals surface area (Å²) in [4.78, 5) is 6.58. The van der Waals surface area contributed by atoms with Crippen LogP contribution in [0.3, 0.4) is 0 Å². The van der Waals surface area contributed by atoms with Gasteiger partial charge in [0.05, 0.1) is 6.33 Å². The maximum Gasteiger partial charge on any atom is 0.0945 e. The molecule has 1 fully saturated rings. The second kappa shape index (κ2) is 6.34. The molecule has 102 valence electrons. The number of imidazole rings is 1. The van der Waals surface area contributed by atoms with Gasteiger partial charge in [0.1, 0.15) is 0 Å². The molecule has 1 N–H and O–H groups in total. The average Bonchev–Trinajstić information content (AvgIpc) is 2.93. The molecule has 0 saturated carbocycles. The SMILES string of the molecule is CCC1(CO)CCN(CCCn2ccnc2)CC1. The first-order valence-corrected chi connectivity index (χ1v) is 7.07. The number of likely N-dealkylation sites (tertiary alicyclic amines) is 1. The number of piperidine rings is 1. The van der Waals surface area contributed by atoms with E-state index < -0.39 is 0 Å².